The molecular formula is C21H21N3O2+. The van der Waals surface area contributed by atoms with E-state index in [1.165, 1.54) is 0 Å². The number of hydrogen-bond donors (Lipinski definition) is 1. The van der Waals surface area contributed by atoms with E-state index < -0.39 is 0 Å². The Morgan fingerprint density at radius 3 is 2.73 bits per heavy atom. The predicted octanol–water partition coefficient (Wildman–Crippen LogP) is 3.42. The lowest BCUT2D eigenvalue weighted by Gasteiger charge is -2.24. The van der Waals surface area contributed by atoms with Gasteiger partial charge in [-0.25, -0.2) is 0 Å². The number of aliphatic imine (C=N–C) groups is 1. The van der Waals surface area contributed by atoms with E-state index in [0.29, 0.717) is 6.67 Å². The zero-order valence-corrected chi connectivity index (χ0v) is 14.9. The molecule has 0 amide bonds. The number of allylic oxidation sites excluding steroid dienone is 1. The number of anilines is 1. The van der Waals surface area contributed by atoms with Crippen LogP contribution in [0.25, 0.3) is 5.70 Å². The van der Waals surface area contributed by atoms with Gasteiger partial charge in [-0.3, -0.25) is 4.90 Å². The number of methoxy groups -OCH3 is 1. The summed E-state index contributed by atoms with van der Waals surface area (Å²) in [4.78, 5) is 9.16. The van der Waals surface area contributed by atoms with Crippen LogP contribution in [0.1, 0.15) is 18.1 Å². The van der Waals surface area contributed by atoms with Crippen molar-refractivity contribution in [2.24, 2.45) is 4.99 Å². The zero-order valence-electron chi connectivity index (χ0n) is 14.9. The molecule has 131 valence electrons. The lowest BCUT2D eigenvalue weighted by molar-refractivity contribution is 0.282. The van der Waals surface area contributed by atoms with Crippen LogP contribution in [-0.2, 0) is 6.61 Å². The highest BCUT2D eigenvalue weighted by Crippen LogP contribution is 2.31. The molecule has 0 unspecified atom stereocenters. The second-order valence-electron chi connectivity index (χ2n) is 6.32. The summed E-state index contributed by atoms with van der Waals surface area (Å²) in [7, 11) is 1.67. The normalized spacial score (nSPS) is 16.7. The summed E-state index contributed by atoms with van der Waals surface area (Å²) in [5, 5.41) is 9.37. The van der Waals surface area contributed by atoms with Crippen molar-refractivity contribution in [3.63, 3.8) is 0 Å². The molecule has 0 aromatic heterocycles. The first-order valence-corrected chi connectivity index (χ1v) is 8.56. The molecule has 0 atom stereocenters. The van der Waals surface area contributed by atoms with Crippen LogP contribution < -0.4 is 14.5 Å². The van der Waals surface area contributed by atoms with E-state index in [-0.39, 0.29) is 6.61 Å². The topological polar surface area (TPSA) is 51.0 Å². The Kier molecular flexibility index (Phi) is 4.32. The van der Waals surface area contributed by atoms with Gasteiger partial charge < -0.3 is 9.84 Å². The van der Waals surface area contributed by atoms with Gasteiger partial charge in [-0.1, -0.05) is 17.0 Å². The quantitative estimate of drug-likeness (QED) is 0.862. The lowest BCUT2D eigenvalue weighted by atomic mass is 10.1. The fourth-order valence-corrected chi connectivity index (χ4v) is 3.24. The molecule has 0 bridgehead atoms. The van der Waals surface area contributed by atoms with Gasteiger partial charge in [0.25, 0.3) is 5.84 Å². The van der Waals surface area contributed by atoms with Crippen LogP contribution in [0.3, 0.4) is 0 Å². The second-order valence-corrected chi connectivity index (χ2v) is 6.32. The molecule has 2 aromatic rings. The van der Waals surface area contributed by atoms with E-state index in [9.17, 15) is 5.11 Å². The Bertz CT molecular complexity index is 913. The average molecular weight is 347 g/mol. The van der Waals surface area contributed by atoms with Gasteiger partial charge in [-0.15, -0.1) is 0 Å². The number of ether oxygens (including phenoxy) is 1. The van der Waals surface area contributed by atoms with Crippen molar-refractivity contribution >= 4 is 17.2 Å². The molecule has 26 heavy (non-hydrogen) atoms. The van der Waals surface area contributed by atoms with E-state index in [2.05, 4.69) is 16.7 Å². The second kappa shape index (κ2) is 6.78. The molecule has 1 N–H and O–H groups in total. The van der Waals surface area contributed by atoms with Gasteiger partial charge in [0.15, 0.2) is 5.70 Å². The number of benzene rings is 2. The highest BCUT2D eigenvalue weighted by Gasteiger charge is 2.38. The SMILES string of the molecule is COc1ccc(C2=C(C)[N+]3CN(c4cccc(CO)c4)C=CC3=N2)cc1. The standard InChI is InChI=1S/C21H21N3O2/c1-15-21(17-6-8-19(26-2)9-7-17)22-20-10-11-23(14-24(15)20)18-5-3-4-16(12-18)13-25/h3-12,25H,13-14H2,1-2H3/q+1. The Balaban J connectivity index is 1.61. The summed E-state index contributed by atoms with van der Waals surface area (Å²) in [5.74, 6) is 1.79. The van der Waals surface area contributed by atoms with Crippen molar-refractivity contribution in [3.8, 4) is 5.75 Å². The molecule has 1 radical (unpaired) electrons. The van der Waals surface area contributed by atoms with Crippen molar-refractivity contribution in [2.45, 2.75) is 13.5 Å². The molecule has 2 heterocycles. The molecular weight excluding hydrogens is 326 g/mol. The summed E-state index contributed by atoms with van der Waals surface area (Å²) < 4.78 is 5.24. The van der Waals surface area contributed by atoms with Gasteiger partial charge in [0.2, 0.25) is 6.67 Å². The molecule has 0 saturated heterocycles. The first kappa shape index (κ1) is 16.6. The summed E-state index contributed by atoms with van der Waals surface area (Å²) in [6, 6.07) is 15.9. The average Bonchev–Trinajstić information content (AvgIpc) is 3.04. The van der Waals surface area contributed by atoms with Crippen LogP contribution in [0.5, 0.6) is 5.75 Å². The Morgan fingerprint density at radius 2 is 2.00 bits per heavy atom. The van der Waals surface area contributed by atoms with Gasteiger partial charge >= 0.3 is 0 Å². The first-order chi connectivity index (χ1) is 12.7. The molecule has 0 saturated carbocycles. The number of aliphatic hydroxyl groups is 1. The minimum absolute atomic E-state index is 0.0440. The maximum atomic E-state index is 9.37. The van der Waals surface area contributed by atoms with Crippen LogP contribution in [0.2, 0.25) is 0 Å². The smallest absolute Gasteiger partial charge is 0.285 e. The van der Waals surface area contributed by atoms with E-state index in [1.807, 2.05) is 60.8 Å². The molecule has 2 aliphatic rings. The number of hydrogen-bond acceptors (Lipinski definition) is 5. The van der Waals surface area contributed by atoms with E-state index in [4.69, 9.17) is 9.73 Å². The number of rotatable bonds is 4. The van der Waals surface area contributed by atoms with Crippen molar-refractivity contribution < 1.29 is 9.84 Å². The van der Waals surface area contributed by atoms with Gasteiger partial charge in [0.05, 0.1) is 13.7 Å². The number of amidine groups is 1. The van der Waals surface area contributed by atoms with E-state index >= 15 is 0 Å². The lowest BCUT2D eigenvalue weighted by Crippen LogP contribution is -2.44. The van der Waals surface area contributed by atoms with Crippen molar-refractivity contribution in [1.82, 2.24) is 4.90 Å². The fraction of sp³-hybridized carbons (Fsp3) is 0.190. The molecule has 2 aromatic carbocycles. The highest BCUT2D eigenvalue weighted by molar-refractivity contribution is 6.05. The molecule has 5 heteroatoms. The monoisotopic (exact) mass is 347 g/mol. The maximum absolute atomic E-state index is 9.37. The van der Waals surface area contributed by atoms with Crippen LogP contribution >= 0.6 is 0 Å². The summed E-state index contributed by atoms with van der Waals surface area (Å²) in [6.45, 7) is 2.83. The summed E-state index contributed by atoms with van der Waals surface area (Å²) in [6.07, 6.45) is 4.06. The number of aliphatic hydroxyl groups excluding tert-OH is 1. The summed E-state index contributed by atoms with van der Waals surface area (Å²) in [5.41, 5.74) is 5.14. The van der Waals surface area contributed by atoms with Gasteiger partial charge in [-0.05, 0) is 42.0 Å². The van der Waals surface area contributed by atoms with Crippen LogP contribution in [0, 0.1) is 0 Å². The van der Waals surface area contributed by atoms with Gasteiger partial charge in [-0.2, -0.15) is 4.99 Å². The number of fused-ring (bicyclic) bond motifs is 1. The molecule has 5 nitrogen and oxygen atoms in total. The van der Waals surface area contributed by atoms with Crippen molar-refractivity contribution in [1.29, 1.82) is 0 Å². The van der Waals surface area contributed by atoms with E-state index in [1.54, 1.807) is 7.11 Å². The van der Waals surface area contributed by atoms with Gasteiger partial charge in [0, 0.05) is 30.5 Å². The Hall–Kier alpha value is -2.89. The fourth-order valence-electron chi connectivity index (χ4n) is 3.24. The van der Waals surface area contributed by atoms with Crippen molar-refractivity contribution in [2.75, 3.05) is 18.7 Å². The first-order valence-electron chi connectivity index (χ1n) is 8.56. The third kappa shape index (κ3) is 2.92. The molecule has 4 rings (SSSR count). The largest absolute Gasteiger partial charge is 0.497 e. The van der Waals surface area contributed by atoms with Crippen LogP contribution in [-0.4, -0.2) is 24.7 Å². The minimum atomic E-state index is 0.0440. The maximum Gasteiger partial charge on any atom is 0.285 e. The molecule has 2 aliphatic heterocycles. The molecule has 0 spiro atoms. The van der Waals surface area contributed by atoms with Gasteiger partial charge in [0.1, 0.15) is 11.4 Å². The van der Waals surface area contributed by atoms with Crippen molar-refractivity contribution in [3.05, 3.63) is 77.6 Å². The highest BCUT2D eigenvalue weighted by atomic mass is 16.5. The minimum Gasteiger partial charge on any atom is -0.497 e. The Morgan fingerprint density at radius 1 is 1.19 bits per heavy atom. The number of nitrogens with zero attached hydrogens (tertiary/aromatic N) is 3. The zero-order chi connectivity index (χ0) is 18.1. The van der Waals surface area contributed by atoms with Crippen LogP contribution in [0.4, 0.5) is 5.69 Å². The predicted molar refractivity (Wildman–Crippen MR) is 104 cm³/mol. The third-order valence-corrected chi connectivity index (χ3v) is 4.74. The van der Waals surface area contributed by atoms with E-state index in [0.717, 1.165) is 39.8 Å². The molecule has 0 fully saturated rings. The van der Waals surface area contributed by atoms with Crippen LogP contribution in [0.15, 0.2) is 71.5 Å². The summed E-state index contributed by atoms with van der Waals surface area (Å²) >= 11 is 0. The molecule has 0 aliphatic carbocycles. The third-order valence-electron chi connectivity index (χ3n) is 4.74. The Labute approximate surface area is 153 Å².